The van der Waals surface area contributed by atoms with Crippen molar-refractivity contribution in [3.05, 3.63) is 52.5 Å². The molecule has 0 radical (unpaired) electrons. The van der Waals surface area contributed by atoms with Gasteiger partial charge in [0.2, 0.25) is 5.91 Å². The van der Waals surface area contributed by atoms with E-state index in [1.54, 1.807) is 0 Å². The zero-order valence-corrected chi connectivity index (χ0v) is 17.6. The quantitative estimate of drug-likeness (QED) is 0.686. The van der Waals surface area contributed by atoms with E-state index < -0.39 is 0 Å². The number of anilines is 2. The fourth-order valence-corrected chi connectivity index (χ4v) is 4.07. The van der Waals surface area contributed by atoms with E-state index in [9.17, 15) is 4.79 Å². The Kier molecular flexibility index (Phi) is 6.17. The van der Waals surface area contributed by atoms with E-state index in [-0.39, 0.29) is 5.91 Å². The summed E-state index contributed by atoms with van der Waals surface area (Å²) in [5.41, 5.74) is 3.39. The van der Waals surface area contributed by atoms with Gasteiger partial charge in [0, 0.05) is 55.0 Å². The molecular weight excluding hydrogens is 418 g/mol. The smallest absolute Gasteiger partial charge is 0.224 e. The standard InChI is InChI=1S/C22H26BrN3O2/c23-18-3-5-19(6-4-18)26-13-11-25(12-14-26)10-1-15-28-20-7-8-21-17(16-20)2-9-22(27)24-21/h3-8,16H,1-2,9-15H2,(H,24,27). The predicted molar refractivity (Wildman–Crippen MR) is 116 cm³/mol. The Morgan fingerprint density at radius 1 is 1.00 bits per heavy atom. The number of ether oxygens (including phenoxy) is 1. The highest BCUT2D eigenvalue weighted by molar-refractivity contribution is 9.10. The Bertz CT molecular complexity index is 817. The highest BCUT2D eigenvalue weighted by Gasteiger charge is 2.17. The number of carbonyl (C=O) groups is 1. The molecule has 1 fully saturated rings. The minimum absolute atomic E-state index is 0.0985. The molecular formula is C22H26BrN3O2. The van der Waals surface area contributed by atoms with Crippen molar-refractivity contribution in [3.63, 3.8) is 0 Å². The number of nitrogens with one attached hydrogen (secondary N) is 1. The summed E-state index contributed by atoms with van der Waals surface area (Å²) in [6.45, 7) is 6.11. The summed E-state index contributed by atoms with van der Waals surface area (Å²) in [5.74, 6) is 0.997. The van der Waals surface area contributed by atoms with Gasteiger partial charge < -0.3 is 15.0 Å². The van der Waals surface area contributed by atoms with Crippen LogP contribution in [0, 0.1) is 0 Å². The van der Waals surface area contributed by atoms with Gasteiger partial charge in [0.15, 0.2) is 0 Å². The van der Waals surface area contributed by atoms with E-state index in [4.69, 9.17) is 4.74 Å². The molecule has 0 spiro atoms. The molecule has 148 valence electrons. The van der Waals surface area contributed by atoms with Crippen molar-refractivity contribution in [2.24, 2.45) is 0 Å². The molecule has 1 amide bonds. The molecule has 5 nitrogen and oxygen atoms in total. The fourth-order valence-electron chi connectivity index (χ4n) is 3.81. The van der Waals surface area contributed by atoms with Crippen LogP contribution in [0.3, 0.4) is 0 Å². The number of benzene rings is 2. The highest BCUT2D eigenvalue weighted by atomic mass is 79.9. The van der Waals surface area contributed by atoms with Gasteiger partial charge in [0.05, 0.1) is 6.61 Å². The molecule has 2 aromatic rings. The second kappa shape index (κ2) is 8.97. The second-order valence-electron chi connectivity index (χ2n) is 7.37. The molecule has 2 aromatic carbocycles. The molecule has 0 atom stereocenters. The van der Waals surface area contributed by atoms with E-state index >= 15 is 0 Å². The van der Waals surface area contributed by atoms with Crippen LogP contribution in [0.15, 0.2) is 46.9 Å². The van der Waals surface area contributed by atoms with Crippen molar-refractivity contribution >= 4 is 33.2 Å². The van der Waals surface area contributed by atoms with Gasteiger partial charge in [-0.1, -0.05) is 15.9 Å². The molecule has 0 aliphatic carbocycles. The summed E-state index contributed by atoms with van der Waals surface area (Å²) < 4.78 is 7.06. The van der Waals surface area contributed by atoms with Crippen LogP contribution in [0.2, 0.25) is 0 Å². The van der Waals surface area contributed by atoms with Gasteiger partial charge in [-0.15, -0.1) is 0 Å². The van der Waals surface area contributed by atoms with E-state index in [0.717, 1.165) is 68.1 Å². The van der Waals surface area contributed by atoms with Crippen molar-refractivity contribution in [1.82, 2.24) is 4.90 Å². The summed E-state index contributed by atoms with van der Waals surface area (Å²) in [6.07, 6.45) is 2.37. The average Bonchev–Trinajstić information content (AvgIpc) is 2.72. The van der Waals surface area contributed by atoms with Gasteiger partial charge in [-0.3, -0.25) is 9.69 Å². The van der Waals surface area contributed by atoms with Crippen molar-refractivity contribution < 1.29 is 9.53 Å². The molecule has 28 heavy (non-hydrogen) atoms. The number of carbonyl (C=O) groups excluding carboxylic acids is 1. The Morgan fingerprint density at radius 3 is 2.57 bits per heavy atom. The minimum Gasteiger partial charge on any atom is -0.494 e. The molecule has 2 aliphatic heterocycles. The zero-order chi connectivity index (χ0) is 19.3. The molecule has 1 saturated heterocycles. The van der Waals surface area contributed by atoms with Gasteiger partial charge in [-0.2, -0.15) is 0 Å². The van der Waals surface area contributed by atoms with Crippen LogP contribution in [0.1, 0.15) is 18.4 Å². The molecule has 6 heteroatoms. The molecule has 0 bridgehead atoms. The second-order valence-corrected chi connectivity index (χ2v) is 8.29. The van der Waals surface area contributed by atoms with Crippen LogP contribution in [0.25, 0.3) is 0 Å². The third-order valence-electron chi connectivity index (χ3n) is 5.42. The maximum atomic E-state index is 11.4. The lowest BCUT2D eigenvalue weighted by atomic mass is 10.0. The number of amides is 1. The van der Waals surface area contributed by atoms with Crippen molar-refractivity contribution in [3.8, 4) is 5.75 Å². The largest absolute Gasteiger partial charge is 0.494 e. The zero-order valence-electron chi connectivity index (χ0n) is 16.0. The van der Waals surface area contributed by atoms with Crippen LogP contribution in [-0.4, -0.2) is 50.1 Å². The van der Waals surface area contributed by atoms with Crippen LogP contribution in [-0.2, 0) is 11.2 Å². The summed E-state index contributed by atoms with van der Waals surface area (Å²) in [5, 5.41) is 2.91. The maximum absolute atomic E-state index is 11.4. The summed E-state index contributed by atoms with van der Waals surface area (Å²) in [4.78, 5) is 16.4. The average molecular weight is 444 g/mol. The summed E-state index contributed by atoms with van der Waals surface area (Å²) in [7, 11) is 0. The van der Waals surface area contributed by atoms with Crippen molar-refractivity contribution in [2.45, 2.75) is 19.3 Å². The number of fused-ring (bicyclic) bond motifs is 1. The van der Waals surface area contributed by atoms with Crippen molar-refractivity contribution in [1.29, 1.82) is 0 Å². The van der Waals surface area contributed by atoms with E-state index in [1.807, 2.05) is 12.1 Å². The van der Waals surface area contributed by atoms with Crippen LogP contribution in [0.5, 0.6) is 5.75 Å². The monoisotopic (exact) mass is 443 g/mol. The SMILES string of the molecule is O=C1CCc2cc(OCCCN3CCN(c4ccc(Br)cc4)CC3)ccc2N1. The number of piperazine rings is 1. The summed E-state index contributed by atoms with van der Waals surface area (Å²) >= 11 is 3.50. The Morgan fingerprint density at radius 2 is 1.79 bits per heavy atom. The van der Waals surface area contributed by atoms with Crippen molar-refractivity contribution in [2.75, 3.05) is 49.5 Å². The third-order valence-corrected chi connectivity index (χ3v) is 5.95. The molecule has 2 heterocycles. The Balaban J connectivity index is 1.17. The Labute approximate surface area is 174 Å². The van der Waals surface area contributed by atoms with Gasteiger partial charge in [-0.05, 0) is 60.9 Å². The molecule has 2 aliphatic rings. The molecule has 1 N–H and O–H groups in total. The van der Waals surface area contributed by atoms with Gasteiger partial charge in [0.25, 0.3) is 0 Å². The Hall–Kier alpha value is -2.05. The highest BCUT2D eigenvalue weighted by Crippen LogP contribution is 2.27. The number of hydrogen-bond acceptors (Lipinski definition) is 4. The first-order chi connectivity index (χ1) is 13.7. The lowest BCUT2D eigenvalue weighted by Crippen LogP contribution is -2.46. The van der Waals surface area contributed by atoms with Crippen LogP contribution >= 0.6 is 15.9 Å². The first kappa shape index (κ1) is 19.3. The van der Waals surface area contributed by atoms with E-state index in [0.29, 0.717) is 6.42 Å². The van der Waals surface area contributed by atoms with Crippen LogP contribution in [0.4, 0.5) is 11.4 Å². The molecule has 0 unspecified atom stereocenters. The third kappa shape index (κ3) is 4.86. The van der Waals surface area contributed by atoms with E-state index in [1.165, 1.54) is 11.3 Å². The van der Waals surface area contributed by atoms with Gasteiger partial charge >= 0.3 is 0 Å². The molecule has 0 aromatic heterocycles. The number of halogens is 1. The minimum atomic E-state index is 0.0985. The lowest BCUT2D eigenvalue weighted by molar-refractivity contribution is -0.116. The van der Waals surface area contributed by atoms with Gasteiger partial charge in [-0.25, -0.2) is 0 Å². The van der Waals surface area contributed by atoms with Gasteiger partial charge in [0.1, 0.15) is 5.75 Å². The normalized spacial score (nSPS) is 17.2. The maximum Gasteiger partial charge on any atom is 0.224 e. The number of hydrogen-bond donors (Lipinski definition) is 1. The fraction of sp³-hybridized carbons (Fsp3) is 0.409. The number of rotatable bonds is 6. The molecule has 4 rings (SSSR count). The summed E-state index contributed by atoms with van der Waals surface area (Å²) in [6, 6.07) is 14.5. The topological polar surface area (TPSA) is 44.8 Å². The number of nitrogens with zero attached hydrogens (tertiary/aromatic N) is 2. The first-order valence-corrected chi connectivity index (χ1v) is 10.8. The lowest BCUT2D eigenvalue weighted by Gasteiger charge is -2.36. The van der Waals surface area contributed by atoms with Crippen LogP contribution < -0.4 is 15.0 Å². The first-order valence-electron chi connectivity index (χ1n) is 9.96. The predicted octanol–water partition coefficient (Wildman–Crippen LogP) is 3.92. The number of aryl methyl sites for hydroxylation is 1. The molecule has 0 saturated carbocycles. The van der Waals surface area contributed by atoms with E-state index in [2.05, 4.69) is 61.4 Å².